The summed E-state index contributed by atoms with van der Waals surface area (Å²) in [6.45, 7) is 3.01. The standard InChI is InChI=1S/C16H18BrN3O/c1-11(18-7-5-14-6-8-19-20(14)2)16-10-12-9-13(17)3-4-15(12)21-16/h3-4,6,8-11,18H,5,7H2,1-2H3. The van der Waals surface area contributed by atoms with Gasteiger partial charge in [0.1, 0.15) is 11.3 Å². The fraction of sp³-hybridized carbons (Fsp3) is 0.312. The van der Waals surface area contributed by atoms with Crippen molar-refractivity contribution in [3.05, 3.63) is 52.5 Å². The average molecular weight is 348 g/mol. The van der Waals surface area contributed by atoms with E-state index in [4.69, 9.17) is 4.42 Å². The Labute approximate surface area is 132 Å². The fourth-order valence-electron chi connectivity index (χ4n) is 2.41. The molecule has 2 heterocycles. The first-order valence-corrected chi connectivity index (χ1v) is 7.82. The van der Waals surface area contributed by atoms with Crippen LogP contribution in [0.25, 0.3) is 11.0 Å². The molecule has 1 aromatic carbocycles. The summed E-state index contributed by atoms with van der Waals surface area (Å²) in [5.74, 6) is 0.966. The zero-order chi connectivity index (χ0) is 14.8. The Balaban J connectivity index is 1.64. The van der Waals surface area contributed by atoms with E-state index in [-0.39, 0.29) is 6.04 Å². The summed E-state index contributed by atoms with van der Waals surface area (Å²) in [7, 11) is 1.97. The Morgan fingerprint density at radius 3 is 2.95 bits per heavy atom. The largest absolute Gasteiger partial charge is 0.459 e. The molecule has 1 atom stereocenters. The topological polar surface area (TPSA) is 43.0 Å². The number of halogens is 1. The van der Waals surface area contributed by atoms with Crippen LogP contribution in [0.3, 0.4) is 0 Å². The number of benzene rings is 1. The van der Waals surface area contributed by atoms with Crippen molar-refractivity contribution in [2.24, 2.45) is 7.05 Å². The Morgan fingerprint density at radius 2 is 2.19 bits per heavy atom. The Morgan fingerprint density at radius 1 is 1.33 bits per heavy atom. The molecule has 0 saturated carbocycles. The highest BCUT2D eigenvalue weighted by Crippen LogP contribution is 2.26. The Kier molecular flexibility index (Phi) is 4.12. The molecule has 2 aromatic heterocycles. The highest BCUT2D eigenvalue weighted by molar-refractivity contribution is 9.10. The summed E-state index contributed by atoms with van der Waals surface area (Å²) in [6.07, 6.45) is 2.78. The Hall–Kier alpha value is -1.59. The van der Waals surface area contributed by atoms with E-state index in [1.807, 2.05) is 36.1 Å². The van der Waals surface area contributed by atoms with Crippen molar-refractivity contribution in [2.45, 2.75) is 19.4 Å². The molecule has 0 aliphatic carbocycles. The second-order valence-corrected chi connectivity index (χ2v) is 6.12. The number of aromatic nitrogens is 2. The van der Waals surface area contributed by atoms with Gasteiger partial charge in [-0.15, -0.1) is 0 Å². The zero-order valence-corrected chi connectivity index (χ0v) is 13.7. The molecule has 4 nitrogen and oxygen atoms in total. The van der Waals surface area contributed by atoms with Gasteiger partial charge >= 0.3 is 0 Å². The molecule has 3 rings (SSSR count). The van der Waals surface area contributed by atoms with Crippen LogP contribution in [-0.4, -0.2) is 16.3 Å². The van der Waals surface area contributed by atoms with E-state index in [1.165, 1.54) is 5.69 Å². The summed E-state index contributed by atoms with van der Waals surface area (Å²) in [4.78, 5) is 0. The lowest BCUT2D eigenvalue weighted by Crippen LogP contribution is -2.21. The summed E-state index contributed by atoms with van der Waals surface area (Å²) in [5, 5.41) is 8.79. The van der Waals surface area contributed by atoms with Gasteiger partial charge in [-0.2, -0.15) is 5.10 Å². The number of rotatable bonds is 5. The lowest BCUT2D eigenvalue weighted by Gasteiger charge is -2.11. The Bertz CT molecular complexity index is 747. The molecule has 5 heteroatoms. The van der Waals surface area contributed by atoms with Gasteiger partial charge in [-0.1, -0.05) is 15.9 Å². The molecular formula is C16H18BrN3O. The molecule has 110 valence electrons. The van der Waals surface area contributed by atoms with Crippen LogP contribution in [0.2, 0.25) is 0 Å². The van der Waals surface area contributed by atoms with Crippen molar-refractivity contribution in [3.8, 4) is 0 Å². The van der Waals surface area contributed by atoms with E-state index in [0.29, 0.717) is 0 Å². The summed E-state index contributed by atoms with van der Waals surface area (Å²) in [5.41, 5.74) is 2.15. The van der Waals surface area contributed by atoms with E-state index < -0.39 is 0 Å². The van der Waals surface area contributed by atoms with Crippen LogP contribution in [0.1, 0.15) is 24.4 Å². The minimum atomic E-state index is 0.185. The van der Waals surface area contributed by atoms with Crippen LogP contribution >= 0.6 is 15.9 Å². The van der Waals surface area contributed by atoms with Gasteiger partial charge in [-0.05, 0) is 37.3 Å². The number of hydrogen-bond donors (Lipinski definition) is 1. The maximum atomic E-state index is 5.90. The van der Waals surface area contributed by atoms with Gasteiger partial charge in [0.05, 0.1) is 6.04 Å². The molecule has 0 saturated heterocycles. The van der Waals surface area contributed by atoms with Crippen LogP contribution in [0.5, 0.6) is 0 Å². The molecule has 3 aromatic rings. The predicted molar refractivity (Wildman–Crippen MR) is 87.2 cm³/mol. The smallest absolute Gasteiger partial charge is 0.134 e. The van der Waals surface area contributed by atoms with Crippen LogP contribution in [-0.2, 0) is 13.5 Å². The van der Waals surface area contributed by atoms with Crippen LogP contribution in [0.15, 0.2) is 45.4 Å². The van der Waals surface area contributed by atoms with Gasteiger partial charge in [-0.3, -0.25) is 4.68 Å². The summed E-state index contributed by atoms with van der Waals surface area (Å²) < 4.78 is 8.87. The lowest BCUT2D eigenvalue weighted by atomic mass is 10.2. The van der Waals surface area contributed by atoms with E-state index >= 15 is 0 Å². The van der Waals surface area contributed by atoms with Crippen molar-refractivity contribution in [2.75, 3.05) is 6.54 Å². The molecule has 0 aliphatic rings. The normalized spacial score (nSPS) is 12.9. The van der Waals surface area contributed by atoms with Gasteiger partial charge in [0.2, 0.25) is 0 Å². The fourth-order valence-corrected chi connectivity index (χ4v) is 2.79. The van der Waals surface area contributed by atoms with Gasteiger partial charge < -0.3 is 9.73 Å². The highest BCUT2D eigenvalue weighted by atomic mass is 79.9. The lowest BCUT2D eigenvalue weighted by molar-refractivity contribution is 0.451. The molecular weight excluding hydrogens is 330 g/mol. The van der Waals surface area contributed by atoms with E-state index in [2.05, 4.69) is 45.4 Å². The number of nitrogens with one attached hydrogen (secondary N) is 1. The molecule has 0 radical (unpaired) electrons. The van der Waals surface area contributed by atoms with Crippen molar-refractivity contribution in [1.82, 2.24) is 15.1 Å². The third-order valence-electron chi connectivity index (χ3n) is 3.68. The molecule has 21 heavy (non-hydrogen) atoms. The average Bonchev–Trinajstić information content (AvgIpc) is 3.05. The van der Waals surface area contributed by atoms with Gasteiger partial charge in [0.25, 0.3) is 0 Å². The highest BCUT2D eigenvalue weighted by Gasteiger charge is 2.11. The molecule has 0 aliphatic heterocycles. The quantitative estimate of drug-likeness (QED) is 0.762. The summed E-state index contributed by atoms with van der Waals surface area (Å²) in [6, 6.07) is 10.4. The van der Waals surface area contributed by atoms with Gasteiger partial charge in [-0.25, -0.2) is 0 Å². The van der Waals surface area contributed by atoms with Crippen LogP contribution in [0.4, 0.5) is 0 Å². The number of hydrogen-bond acceptors (Lipinski definition) is 3. The SMILES string of the molecule is CC(NCCc1ccnn1C)c1cc2cc(Br)ccc2o1. The van der Waals surface area contributed by atoms with Crippen molar-refractivity contribution < 1.29 is 4.42 Å². The van der Waals surface area contributed by atoms with Gasteiger partial charge in [0, 0.05) is 41.8 Å². The van der Waals surface area contributed by atoms with E-state index in [0.717, 1.165) is 34.2 Å². The second-order valence-electron chi connectivity index (χ2n) is 5.20. The van der Waals surface area contributed by atoms with Crippen molar-refractivity contribution in [3.63, 3.8) is 0 Å². The number of aryl methyl sites for hydroxylation is 1. The van der Waals surface area contributed by atoms with E-state index in [1.54, 1.807) is 0 Å². The third kappa shape index (κ3) is 3.19. The number of nitrogens with zero attached hydrogens (tertiary/aromatic N) is 2. The predicted octanol–water partition coefficient (Wildman–Crippen LogP) is 3.82. The first-order valence-electron chi connectivity index (χ1n) is 7.03. The van der Waals surface area contributed by atoms with Crippen LogP contribution in [0, 0.1) is 0 Å². The first kappa shape index (κ1) is 14.4. The molecule has 1 N–H and O–H groups in total. The zero-order valence-electron chi connectivity index (χ0n) is 12.1. The number of fused-ring (bicyclic) bond motifs is 1. The van der Waals surface area contributed by atoms with Crippen molar-refractivity contribution in [1.29, 1.82) is 0 Å². The van der Waals surface area contributed by atoms with Crippen molar-refractivity contribution >= 4 is 26.9 Å². The maximum Gasteiger partial charge on any atom is 0.134 e. The molecule has 1 unspecified atom stereocenters. The second kappa shape index (κ2) is 6.03. The van der Waals surface area contributed by atoms with Crippen LogP contribution < -0.4 is 5.32 Å². The van der Waals surface area contributed by atoms with Gasteiger partial charge in [0.15, 0.2) is 0 Å². The third-order valence-corrected chi connectivity index (χ3v) is 4.17. The minimum absolute atomic E-state index is 0.185. The van der Waals surface area contributed by atoms with E-state index in [9.17, 15) is 0 Å². The molecule has 0 fully saturated rings. The monoisotopic (exact) mass is 347 g/mol. The number of furan rings is 1. The summed E-state index contributed by atoms with van der Waals surface area (Å²) >= 11 is 3.48. The first-order chi connectivity index (χ1) is 10.1. The maximum absolute atomic E-state index is 5.90. The molecule has 0 spiro atoms. The molecule has 0 bridgehead atoms. The minimum Gasteiger partial charge on any atom is -0.459 e. The molecule has 0 amide bonds.